The molecule has 0 spiro atoms. The smallest absolute Gasteiger partial charge is 0.0312 e. The van der Waals surface area contributed by atoms with Crippen molar-refractivity contribution >= 4 is 0 Å². The number of nitrogens with zero attached hydrogens (tertiary/aromatic N) is 1. The van der Waals surface area contributed by atoms with E-state index in [1.54, 1.807) is 6.20 Å². The van der Waals surface area contributed by atoms with Crippen molar-refractivity contribution in [2.45, 2.75) is 26.8 Å². The molecular weight excluding hydrogens is 148 g/mol. The molecule has 0 saturated carbocycles. The minimum Gasteiger partial charge on any atom is -0.316 e. The first-order valence-corrected chi connectivity index (χ1v) is 4.38. The summed E-state index contributed by atoms with van der Waals surface area (Å²) in [6.45, 7) is 5.15. The van der Waals surface area contributed by atoms with E-state index in [-0.39, 0.29) is 1.43 Å². The Morgan fingerprint density at radius 3 is 2.58 bits per heavy atom. The van der Waals surface area contributed by atoms with Gasteiger partial charge in [0.1, 0.15) is 0 Å². The summed E-state index contributed by atoms with van der Waals surface area (Å²) in [4.78, 5) is 3.96. The lowest BCUT2D eigenvalue weighted by Crippen LogP contribution is -2.04. The monoisotopic (exact) mass is 168 g/mol. The van der Waals surface area contributed by atoms with Gasteiger partial charge in [-0.25, -0.2) is 0 Å². The Bertz CT molecular complexity index is 178. The van der Waals surface area contributed by atoms with Crippen molar-refractivity contribution in [2.75, 3.05) is 7.05 Å². The molecule has 1 N–H and O–H groups in total. The molecule has 2 nitrogen and oxygen atoms in total. The van der Waals surface area contributed by atoms with Crippen LogP contribution in [0.15, 0.2) is 24.5 Å². The van der Waals surface area contributed by atoms with Crippen molar-refractivity contribution in [2.24, 2.45) is 0 Å². The van der Waals surface area contributed by atoms with Gasteiger partial charge in [-0.1, -0.05) is 26.3 Å². The lowest BCUT2D eigenvalue weighted by atomic mass is 10.3. The average Bonchev–Trinajstić information content (AvgIpc) is 2.08. The van der Waals surface area contributed by atoms with Gasteiger partial charge in [-0.05, 0) is 18.7 Å². The van der Waals surface area contributed by atoms with Gasteiger partial charge in [0, 0.05) is 20.4 Å². The molecule has 0 fully saturated rings. The van der Waals surface area contributed by atoms with Crippen molar-refractivity contribution in [1.82, 2.24) is 10.3 Å². The van der Waals surface area contributed by atoms with Crippen LogP contribution in [-0.2, 0) is 6.54 Å². The maximum atomic E-state index is 3.96. The lowest BCUT2D eigenvalue weighted by Gasteiger charge is -1.95. The summed E-state index contributed by atoms with van der Waals surface area (Å²) in [5.74, 6) is 0. The molecular formula is C10H20N2. The molecule has 0 radical (unpaired) electrons. The maximum Gasteiger partial charge on any atom is 0.0312 e. The van der Waals surface area contributed by atoms with Crippen LogP contribution in [0, 0.1) is 0 Å². The zero-order valence-corrected chi connectivity index (χ0v) is 8.17. The Kier molecular flexibility index (Phi) is 7.60. The SMILES string of the molecule is CCC.CNCc1cccnc1.[HH]. The highest BCUT2D eigenvalue weighted by molar-refractivity contribution is 5.07. The van der Waals surface area contributed by atoms with Gasteiger partial charge < -0.3 is 5.32 Å². The molecule has 12 heavy (non-hydrogen) atoms. The van der Waals surface area contributed by atoms with Gasteiger partial charge in [0.2, 0.25) is 0 Å². The van der Waals surface area contributed by atoms with Crippen molar-refractivity contribution in [3.05, 3.63) is 30.1 Å². The molecule has 1 rings (SSSR count). The van der Waals surface area contributed by atoms with Gasteiger partial charge in [-0.3, -0.25) is 4.98 Å². The van der Waals surface area contributed by atoms with E-state index in [4.69, 9.17) is 0 Å². The summed E-state index contributed by atoms with van der Waals surface area (Å²) in [6, 6.07) is 3.98. The maximum absolute atomic E-state index is 3.96. The zero-order valence-electron chi connectivity index (χ0n) is 8.17. The standard InChI is InChI=1S/C7H10N2.C3H8.H2/c1-8-5-7-3-2-4-9-6-7;1-3-2;/h2-4,6,8H,5H2,1H3;3H2,1-2H3;1H. The summed E-state index contributed by atoms with van der Waals surface area (Å²) in [6.07, 6.45) is 4.88. The molecule has 0 bridgehead atoms. The van der Waals surface area contributed by atoms with Crippen LogP contribution in [0.2, 0.25) is 0 Å². The highest BCUT2D eigenvalue weighted by atomic mass is 14.8. The van der Waals surface area contributed by atoms with E-state index < -0.39 is 0 Å². The van der Waals surface area contributed by atoms with E-state index in [2.05, 4.69) is 24.1 Å². The minimum absolute atomic E-state index is 0. The van der Waals surface area contributed by atoms with Crippen LogP contribution in [0.25, 0.3) is 0 Å². The molecule has 0 saturated heterocycles. The number of hydrogen-bond acceptors (Lipinski definition) is 2. The predicted molar refractivity (Wildman–Crippen MR) is 55.1 cm³/mol. The Morgan fingerprint density at radius 1 is 1.50 bits per heavy atom. The van der Waals surface area contributed by atoms with Crippen LogP contribution in [0.3, 0.4) is 0 Å². The Balaban J connectivity index is 0. The fourth-order valence-corrected chi connectivity index (χ4v) is 0.707. The summed E-state index contributed by atoms with van der Waals surface area (Å²) in [5, 5.41) is 3.04. The minimum atomic E-state index is 0. The highest BCUT2D eigenvalue weighted by Crippen LogP contribution is 1.92. The molecule has 0 aliphatic heterocycles. The molecule has 0 unspecified atom stereocenters. The first-order valence-electron chi connectivity index (χ1n) is 4.38. The number of nitrogens with one attached hydrogen (secondary N) is 1. The zero-order chi connectivity index (χ0) is 9.23. The number of aromatic nitrogens is 1. The lowest BCUT2D eigenvalue weighted by molar-refractivity contribution is 0.813. The van der Waals surface area contributed by atoms with Gasteiger partial charge in [-0.15, -0.1) is 0 Å². The molecule has 70 valence electrons. The number of pyridine rings is 1. The molecule has 1 heterocycles. The fourth-order valence-electron chi connectivity index (χ4n) is 0.707. The highest BCUT2D eigenvalue weighted by Gasteiger charge is 1.84. The van der Waals surface area contributed by atoms with Crippen LogP contribution < -0.4 is 5.32 Å². The molecule has 1 aromatic rings. The van der Waals surface area contributed by atoms with Crippen LogP contribution in [0.5, 0.6) is 0 Å². The van der Waals surface area contributed by atoms with E-state index in [1.807, 2.05) is 25.4 Å². The average molecular weight is 168 g/mol. The van der Waals surface area contributed by atoms with Gasteiger partial charge >= 0.3 is 0 Å². The molecule has 0 aromatic carbocycles. The number of rotatable bonds is 2. The normalized spacial score (nSPS) is 8.58. The van der Waals surface area contributed by atoms with Gasteiger partial charge in [0.25, 0.3) is 0 Å². The molecule has 0 aliphatic rings. The van der Waals surface area contributed by atoms with Crippen LogP contribution in [-0.4, -0.2) is 12.0 Å². The second-order valence-electron chi connectivity index (χ2n) is 2.60. The van der Waals surface area contributed by atoms with E-state index in [1.165, 1.54) is 12.0 Å². The van der Waals surface area contributed by atoms with Crippen molar-refractivity contribution in [3.63, 3.8) is 0 Å². The Hall–Kier alpha value is -0.890. The van der Waals surface area contributed by atoms with Crippen molar-refractivity contribution in [3.8, 4) is 0 Å². The first-order chi connectivity index (χ1) is 5.85. The summed E-state index contributed by atoms with van der Waals surface area (Å²) >= 11 is 0. The topological polar surface area (TPSA) is 24.9 Å². The second-order valence-corrected chi connectivity index (χ2v) is 2.60. The molecule has 0 atom stereocenters. The Labute approximate surface area is 76.5 Å². The van der Waals surface area contributed by atoms with Gasteiger partial charge in [0.15, 0.2) is 0 Å². The van der Waals surface area contributed by atoms with Gasteiger partial charge in [-0.2, -0.15) is 0 Å². The van der Waals surface area contributed by atoms with E-state index >= 15 is 0 Å². The van der Waals surface area contributed by atoms with Crippen LogP contribution >= 0.6 is 0 Å². The largest absolute Gasteiger partial charge is 0.316 e. The third-order valence-corrected chi connectivity index (χ3v) is 1.10. The number of hydrogen-bond donors (Lipinski definition) is 1. The second kappa shape index (κ2) is 8.21. The molecule has 2 heteroatoms. The summed E-state index contributed by atoms with van der Waals surface area (Å²) in [7, 11) is 1.92. The van der Waals surface area contributed by atoms with Crippen molar-refractivity contribution < 1.29 is 1.43 Å². The quantitative estimate of drug-likeness (QED) is 0.733. The van der Waals surface area contributed by atoms with Crippen LogP contribution in [0.1, 0.15) is 27.3 Å². The predicted octanol–water partition coefficient (Wildman–Crippen LogP) is 2.46. The molecule has 0 aliphatic carbocycles. The van der Waals surface area contributed by atoms with E-state index in [0.717, 1.165) is 6.54 Å². The molecule has 0 amide bonds. The van der Waals surface area contributed by atoms with Gasteiger partial charge in [0.05, 0.1) is 0 Å². The fraction of sp³-hybridized carbons (Fsp3) is 0.500. The molecule has 1 aromatic heterocycles. The third-order valence-electron chi connectivity index (χ3n) is 1.10. The van der Waals surface area contributed by atoms with E-state index in [9.17, 15) is 0 Å². The summed E-state index contributed by atoms with van der Waals surface area (Å²) in [5.41, 5.74) is 1.22. The van der Waals surface area contributed by atoms with Crippen LogP contribution in [0.4, 0.5) is 0 Å². The van der Waals surface area contributed by atoms with Crippen molar-refractivity contribution in [1.29, 1.82) is 0 Å². The Morgan fingerprint density at radius 2 is 2.17 bits per heavy atom. The third kappa shape index (κ3) is 5.86. The first kappa shape index (κ1) is 11.1. The summed E-state index contributed by atoms with van der Waals surface area (Å²) < 4.78 is 0. The van der Waals surface area contributed by atoms with E-state index in [0.29, 0.717) is 0 Å².